The fraction of sp³-hybridized carbons (Fsp3) is 0.733. The summed E-state index contributed by atoms with van der Waals surface area (Å²) in [4.78, 5) is 22.8. The average molecular weight is 282 g/mol. The third-order valence-corrected chi connectivity index (χ3v) is 3.88. The van der Waals surface area contributed by atoms with Gasteiger partial charge in [0.15, 0.2) is 0 Å². The van der Waals surface area contributed by atoms with Crippen molar-refractivity contribution in [1.82, 2.24) is 10.6 Å². The lowest BCUT2D eigenvalue weighted by molar-refractivity contribution is -0.140. The van der Waals surface area contributed by atoms with Crippen LogP contribution in [0.4, 0.5) is 4.79 Å². The molecular weight excluding hydrogens is 256 g/mol. The molecule has 0 heterocycles. The lowest BCUT2D eigenvalue weighted by Gasteiger charge is -2.20. The minimum absolute atomic E-state index is 0.0840. The zero-order valence-corrected chi connectivity index (χ0v) is 12.4. The van der Waals surface area contributed by atoms with Crippen LogP contribution in [-0.4, -0.2) is 29.7 Å². The van der Waals surface area contributed by atoms with Gasteiger partial charge < -0.3 is 15.7 Å². The van der Waals surface area contributed by atoms with Crippen molar-refractivity contribution >= 4 is 12.0 Å². The number of urea groups is 1. The Kier molecular flexibility index (Phi) is 7.12. The van der Waals surface area contributed by atoms with Crippen molar-refractivity contribution in [3.8, 4) is 0 Å². The van der Waals surface area contributed by atoms with Gasteiger partial charge in [0.25, 0.3) is 0 Å². The van der Waals surface area contributed by atoms with Gasteiger partial charge in [-0.2, -0.15) is 0 Å². The minimum atomic E-state index is -0.982. The molecule has 0 aromatic heterocycles. The molecule has 1 aliphatic rings. The van der Waals surface area contributed by atoms with Crippen LogP contribution in [0, 0.1) is 5.92 Å². The van der Waals surface area contributed by atoms with Crippen molar-refractivity contribution in [1.29, 1.82) is 0 Å². The van der Waals surface area contributed by atoms with Crippen molar-refractivity contribution in [3.63, 3.8) is 0 Å². The van der Waals surface area contributed by atoms with Crippen LogP contribution in [0.3, 0.4) is 0 Å². The van der Waals surface area contributed by atoms with Gasteiger partial charge in [0.1, 0.15) is 6.04 Å². The Bertz CT molecular complexity index is 366. The van der Waals surface area contributed by atoms with E-state index in [9.17, 15) is 9.59 Å². The summed E-state index contributed by atoms with van der Waals surface area (Å²) in [6, 6.07) is -1.22. The zero-order chi connectivity index (χ0) is 15.0. The molecule has 0 fully saturated rings. The van der Waals surface area contributed by atoms with Crippen LogP contribution >= 0.6 is 0 Å². The summed E-state index contributed by atoms with van der Waals surface area (Å²) in [5.74, 6) is -1.07. The molecule has 2 atom stereocenters. The standard InChI is InChI=1S/C15H26N2O3/c1-3-11(2)13(14(18)19)17-15(20)16-10-9-12-7-5-4-6-8-12/h7,11,13H,3-6,8-10H2,1-2H3,(H,18,19)(H2,16,17,20)/t11-,13-/m1/s1. The predicted octanol–water partition coefficient (Wildman–Crippen LogP) is 2.68. The first-order chi connectivity index (χ1) is 9.54. The van der Waals surface area contributed by atoms with Gasteiger partial charge in [-0.1, -0.05) is 31.9 Å². The summed E-state index contributed by atoms with van der Waals surface area (Å²) in [6.45, 7) is 4.30. The number of rotatable bonds is 7. The van der Waals surface area contributed by atoms with Gasteiger partial charge >= 0.3 is 12.0 Å². The van der Waals surface area contributed by atoms with E-state index >= 15 is 0 Å². The number of nitrogens with one attached hydrogen (secondary N) is 2. The van der Waals surface area contributed by atoms with Gasteiger partial charge in [0, 0.05) is 6.54 Å². The summed E-state index contributed by atoms with van der Waals surface area (Å²) in [5.41, 5.74) is 1.40. The fourth-order valence-corrected chi connectivity index (χ4v) is 2.34. The Morgan fingerprint density at radius 3 is 2.70 bits per heavy atom. The summed E-state index contributed by atoms with van der Waals surface area (Å²) in [7, 11) is 0. The molecular formula is C15H26N2O3. The third-order valence-electron chi connectivity index (χ3n) is 3.88. The molecule has 0 aromatic rings. The summed E-state index contributed by atoms with van der Waals surface area (Å²) >= 11 is 0. The molecule has 0 saturated carbocycles. The molecule has 20 heavy (non-hydrogen) atoms. The number of hydrogen-bond acceptors (Lipinski definition) is 2. The molecule has 0 aliphatic heterocycles. The maximum absolute atomic E-state index is 11.7. The number of aliphatic carboxylic acids is 1. The molecule has 3 N–H and O–H groups in total. The smallest absolute Gasteiger partial charge is 0.326 e. The third kappa shape index (κ3) is 5.63. The SMILES string of the molecule is CC[C@@H](C)[C@@H](NC(=O)NCCC1=CCCCC1)C(=O)O. The van der Waals surface area contributed by atoms with Gasteiger partial charge in [0.2, 0.25) is 0 Å². The van der Waals surface area contributed by atoms with Crippen molar-refractivity contribution in [2.24, 2.45) is 5.92 Å². The van der Waals surface area contributed by atoms with E-state index in [-0.39, 0.29) is 5.92 Å². The maximum atomic E-state index is 11.7. The molecule has 0 unspecified atom stereocenters. The van der Waals surface area contributed by atoms with E-state index in [0.717, 1.165) is 19.3 Å². The maximum Gasteiger partial charge on any atom is 0.326 e. The van der Waals surface area contributed by atoms with E-state index in [4.69, 9.17) is 5.11 Å². The Balaban J connectivity index is 2.31. The second kappa shape index (κ2) is 8.61. The van der Waals surface area contributed by atoms with E-state index in [0.29, 0.717) is 13.0 Å². The topological polar surface area (TPSA) is 78.4 Å². The van der Waals surface area contributed by atoms with Crippen molar-refractivity contribution in [2.75, 3.05) is 6.54 Å². The van der Waals surface area contributed by atoms with Crippen LogP contribution in [0.25, 0.3) is 0 Å². The van der Waals surface area contributed by atoms with Gasteiger partial charge in [-0.3, -0.25) is 0 Å². The van der Waals surface area contributed by atoms with Crippen LogP contribution in [0.2, 0.25) is 0 Å². The summed E-state index contributed by atoms with van der Waals surface area (Å²) in [5, 5.41) is 14.4. The quantitative estimate of drug-likeness (QED) is 0.628. The highest BCUT2D eigenvalue weighted by molar-refractivity contribution is 5.82. The van der Waals surface area contributed by atoms with Crippen molar-refractivity contribution in [2.45, 2.75) is 58.4 Å². The van der Waals surface area contributed by atoms with E-state index in [2.05, 4.69) is 16.7 Å². The van der Waals surface area contributed by atoms with E-state index in [1.54, 1.807) is 0 Å². The molecule has 114 valence electrons. The van der Waals surface area contributed by atoms with Crippen LogP contribution in [0.5, 0.6) is 0 Å². The van der Waals surface area contributed by atoms with Gasteiger partial charge in [-0.25, -0.2) is 9.59 Å². The number of carboxylic acid groups (broad SMARTS) is 1. The van der Waals surface area contributed by atoms with E-state index in [1.807, 2.05) is 13.8 Å². The molecule has 2 amide bonds. The molecule has 0 spiro atoms. The average Bonchev–Trinajstić information content (AvgIpc) is 2.45. The number of allylic oxidation sites excluding steroid dienone is 1. The van der Waals surface area contributed by atoms with Gasteiger partial charge in [-0.15, -0.1) is 0 Å². The lowest BCUT2D eigenvalue weighted by atomic mass is 9.97. The second-order valence-electron chi connectivity index (χ2n) is 5.46. The van der Waals surface area contributed by atoms with Crippen molar-refractivity contribution in [3.05, 3.63) is 11.6 Å². The monoisotopic (exact) mass is 282 g/mol. The molecule has 0 radical (unpaired) electrons. The Morgan fingerprint density at radius 1 is 1.40 bits per heavy atom. The van der Waals surface area contributed by atoms with Crippen LogP contribution in [0.15, 0.2) is 11.6 Å². The predicted molar refractivity (Wildman–Crippen MR) is 78.6 cm³/mol. The number of carbonyl (C=O) groups is 2. The second-order valence-corrected chi connectivity index (χ2v) is 5.46. The van der Waals surface area contributed by atoms with Gasteiger partial charge in [0.05, 0.1) is 0 Å². The highest BCUT2D eigenvalue weighted by atomic mass is 16.4. The number of carboxylic acids is 1. The number of hydrogen-bond donors (Lipinski definition) is 3. The zero-order valence-electron chi connectivity index (χ0n) is 12.4. The fourth-order valence-electron chi connectivity index (χ4n) is 2.34. The largest absolute Gasteiger partial charge is 0.480 e. The Labute approximate surface area is 120 Å². The Morgan fingerprint density at radius 2 is 2.15 bits per heavy atom. The molecule has 0 saturated heterocycles. The minimum Gasteiger partial charge on any atom is -0.480 e. The molecule has 0 aromatic carbocycles. The van der Waals surface area contributed by atoms with E-state index in [1.165, 1.54) is 18.4 Å². The molecule has 1 rings (SSSR count). The number of amides is 2. The molecule has 5 heteroatoms. The first-order valence-electron chi connectivity index (χ1n) is 7.49. The molecule has 5 nitrogen and oxygen atoms in total. The van der Waals surface area contributed by atoms with Crippen molar-refractivity contribution < 1.29 is 14.7 Å². The van der Waals surface area contributed by atoms with E-state index < -0.39 is 18.0 Å². The van der Waals surface area contributed by atoms with Crippen LogP contribution < -0.4 is 10.6 Å². The van der Waals surface area contributed by atoms with Crippen LogP contribution in [0.1, 0.15) is 52.4 Å². The summed E-state index contributed by atoms with van der Waals surface area (Å²) < 4.78 is 0. The first kappa shape index (κ1) is 16.5. The molecule has 0 bridgehead atoms. The normalized spacial score (nSPS) is 17.8. The highest BCUT2D eigenvalue weighted by Gasteiger charge is 2.24. The molecule has 1 aliphatic carbocycles. The highest BCUT2D eigenvalue weighted by Crippen LogP contribution is 2.19. The summed E-state index contributed by atoms with van der Waals surface area (Å²) in [6.07, 6.45) is 8.56. The number of carbonyl (C=O) groups excluding carboxylic acids is 1. The lowest BCUT2D eigenvalue weighted by Crippen LogP contribution is -2.49. The van der Waals surface area contributed by atoms with Gasteiger partial charge in [-0.05, 0) is 38.0 Å². The van der Waals surface area contributed by atoms with Crippen LogP contribution in [-0.2, 0) is 4.79 Å². The Hall–Kier alpha value is -1.52. The first-order valence-corrected chi connectivity index (χ1v) is 7.49.